The minimum absolute atomic E-state index is 0.0679. The highest BCUT2D eigenvalue weighted by atomic mass is 19.3. The van der Waals surface area contributed by atoms with Crippen LogP contribution in [0.1, 0.15) is 57.8 Å². The third-order valence-electron chi connectivity index (χ3n) is 2.33. The van der Waals surface area contributed by atoms with Crippen molar-refractivity contribution in [3.05, 3.63) is 17.5 Å². The van der Waals surface area contributed by atoms with Crippen molar-refractivity contribution >= 4 is 0 Å². The fourth-order valence-corrected chi connectivity index (χ4v) is 1.43. The van der Waals surface area contributed by atoms with Gasteiger partial charge in [0.25, 0.3) is 5.92 Å². The van der Waals surface area contributed by atoms with Crippen molar-refractivity contribution in [3.8, 4) is 0 Å². The molecule has 0 aliphatic rings. The van der Waals surface area contributed by atoms with Crippen LogP contribution in [-0.2, 0) is 5.92 Å². The number of halogens is 2. The Labute approximate surface area is 89.3 Å². The highest BCUT2D eigenvalue weighted by Crippen LogP contribution is 2.32. The second-order valence-electron chi connectivity index (χ2n) is 4.55. The van der Waals surface area contributed by atoms with E-state index in [0.717, 1.165) is 6.92 Å². The largest absolute Gasteiger partial charge is 0.289 e. The molecule has 2 nitrogen and oxygen atoms in total. The van der Waals surface area contributed by atoms with Gasteiger partial charge in [0.15, 0.2) is 0 Å². The van der Waals surface area contributed by atoms with Crippen LogP contribution in [0, 0.1) is 0 Å². The Balaban J connectivity index is 3.24. The minimum Gasteiger partial charge on any atom is -0.269 e. The minimum atomic E-state index is -2.86. The van der Waals surface area contributed by atoms with Gasteiger partial charge in [0.1, 0.15) is 5.69 Å². The lowest BCUT2D eigenvalue weighted by Gasteiger charge is -2.11. The fraction of sp³-hybridized carbons (Fsp3) is 0.727. The molecule has 0 amide bonds. The van der Waals surface area contributed by atoms with Gasteiger partial charge in [-0.05, 0) is 19.8 Å². The number of aromatic nitrogens is 2. The molecule has 1 aromatic heterocycles. The van der Waals surface area contributed by atoms with Crippen molar-refractivity contribution in [2.75, 3.05) is 0 Å². The van der Waals surface area contributed by atoms with Crippen LogP contribution < -0.4 is 0 Å². The van der Waals surface area contributed by atoms with Crippen LogP contribution >= 0.6 is 0 Å². The van der Waals surface area contributed by atoms with Gasteiger partial charge in [-0.1, -0.05) is 13.8 Å². The van der Waals surface area contributed by atoms with E-state index in [4.69, 9.17) is 0 Å². The van der Waals surface area contributed by atoms with Crippen LogP contribution in [0.4, 0.5) is 8.78 Å². The maximum Gasteiger partial charge on any atom is 0.289 e. The SMILES string of the molecule is CC(C)c1cn(C(C)C)nc1C(C)(F)F. The van der Waals surface area contributed by atoms with Crippen LogP contribution in [0.15, 0.2) is 6.20 Å². The average molecular weight is 216 g/mol. The molecule has 0 radical (unpaired) electrons. The summed E-state index contributed by atoms with van der Waals surface area (Å²) in [7, 11) is 0. The van der Waals surface area contributed by atoms with Gasteiger partial charge < -0.3 is 0 Å². The lowest BCUT2D eigenvalue weighted by molar-refractivity contribution is 0.0108. The molecule has 0 spiro atoms. The topological polar surface area (TPSA) is 17.8 Å². The maximum atomic E-state index is 13.3. The molecular formula is C11H18F2N2. The second kappa shape index (κ2) is 3.91. The summed E-state index contributed by atoms with van der Waals surface area (Å²) < 4.78 is 28.2. The van der Waals surface area contributed by atoms with Crippen molar-refractivity contribution in [1.82, 2.24) is 9.78 Å². The van der Waals surface area contributed by atoms with E-state index >= 15 is 0 Å². The summed E-state index contributed by atoms with van der Waals surface area (Å²) in [4.78, 5) is 0. The monoisotopic (exact) mass is 216 g/mol. The third kappa shape index (κ3) is 2.55. The first kappa shape index (κ1) is 12.1. The maximum absolute atomic E-state index is 13.3. The average Bonchev–Trinajstić information content (AvgIpc) is 2.45. The Morgan fingerprint density at radius 2 is 1.80 bits per heavy atom. The molecular weight excluding hydrogens is 198 g/mol. The number of nitrogens with zero attached hydrogens (tertiary/aromatic N) is 2. The van der Waals surface area contributed by atoms with Gasteiger partial charge in [0.2, 0.25) is 0 Å². The summed E-state index contributed by atoms with van der Waals surface area (Å²) in [5, 5.41) is 3.97. The lowest BCUT2D eigenvalue weighted by Crippen LogP contribution is -2.12. The molecule has 0 N–H and O–H groups in total. The van der Waals surface area contributed by atoms with Gasteiger partial charge in [0.05, 0.1) is 0 Å². The van der Waals surface area contributed by atoms with Crippen molar-refractivity contribution in [1.29, 1.82) is 0 Å². The molecule has 4 heteroatoms. The van der Waals surface area contributed by atoms with Crippen molar-refractivity contribution in [2.24, 2.45) is 0 Å². The summed E-state index contributed by atoms with van der Waals surface area (Å²) in [6.07, 6.45) is 1.72. The molecule has 0 aliphatic carbocycles. The Bertz CT molecular complexity index is 335. The van der Waals surface area contributed by atoms with E-state index in [2.05, 4.69) is 5.10 Å². The van der Waals surface area contributed by atoms with Crippen LogP contribution in [0.3, 0.4) is 0 Å². The predicted molar refractivity (Wildman–Crippen MR) is 56.3 cm³/mol. The zero-order chi connectivity index (χ0) is 11.8. The summed E-state index contributed by atoms with van der Waals surface area (Å²) >= 11 is 0. The molecule has 15 heavy (non-hydrogen) atoms. The first-order chi connectivity index (χ1) is 6.73. The zero-order valence-electron chi connectivity index (χ0n) is 9.88. The lowest BCUT2D eigenvalue weighted by atomic mass is 10.0. The molecule has 0 atom stereocenters. The van der Waals surface area contributed by atoms with Gasteiger partial charge >= 0.3 is 0 Å². The predicted octanol–water partition coefficient (Wildman–Crippen LogP) is 3.70. The molecule has 0 unspecified atom stereocenters. The first-order valence-corrected chi connectivity index (χ1v) is 5.20. The molecule has 86 valence electrons. The molecule has 0 saturated carbocycles. The Kier molecular flexibility index (Phi) is 3.16. The zero-order valence-corrected chi connectivity index (χ0v) is 9.88. The van der Waals surface area contributed by atoms with Gasteiger partial charge in [0, 0.05) is 24.7 Å². The standard InChI is InChI=1S/C11H18F2N2/c1-7(2)9-6-15(8(3)4)14-10(9)11(5,12)13/h6-8H,1-5H3. The summed E-state index contributed by atoms with van der Waals surface area (Å²) in [6.45, 7) is 8.54. The Hall–Kier alpha value is -0.930. The quantitative estimate of drug-likeness (QED) is 0.753. The number of hydrogen-bond acceptors (Lipinski definition) is 1. The molecule has 0 saturated heterocycles. The van der Waals surface area contributed by atoms with Crippen LogP contribution in [0.25, 0.3) is 0 Å². The van der Waals surface area contributed by atoms with Crippen LogP contribution in [0.5, 0.6) is 0 Å². The fourth-order valence-electron chi connectivity index (χ4n) is 1.43. The molecule has 0 bridgehead atoms. The second-order valence-corrected chi connectivity index (χ2v) is 4.55. The number of rotatable bonds is 3. The third-order valence-corrected chi connectivity index (χ3v) is 2.33. The van der Waals surface area contributed by atoms with E-state index < -0.39 is 5.92 Å². The highest BCUT2D eigenvalue weighted by molar-refractivity contribution is 5.24. The molecule has 0 aliphatic heterocycles. The van der Waals surface area contributed by atoms with Crippen molar-refractivity contribution in [3.63, 3.8) is 0 Å². The van der Waals surface area contributed by atoms with E-state index in [1.165, 1.54) is 0 Å². The summed E-state index contributed by atoms with van der Waals surface area (Å²) in [5.74, 6) is -2.79. The van der Waals surface area contributed by atoms with E-state index in [9.17, 15) is 8.78 Å². The van der Waals surface area contributed by atoms with E-state index in [-0.39, 0.29) is 17.7 Å². The van der Waals surface area contributed by atoms with Crippen molar-refractivity contribution in [2.45, 2.75) is 52.5 Å². The van der Waals surface area contributed by atoms with Crippen LogP contribution in [-0.4, -0.2) is 9.78 Å². The van der Waals surface area contributed by atoms with Gasteiger partial charge in [-0.25, -0.2) is 0 Å². The molecule has 1 rings (SSSR count). The normalized spacial score (nSPS) is 12.9. The van der Waals surface area contributed by atoms with Gasteiger partial charge in [-0.3, -0.25) is 4.68 Å². The highest BCUT2D eigenvalue weighted by Gasteiger charge is 2.32. The van der Waals surface area contributed by atoms with E-state index in [1.807, 2.05) is 27.7 Å². The van der Waals surface area contributed by atoms with Gasteiger partial charge in [-0.2, -0.15) is 13.9 Å². The molecule has 0 aromatic carbocycles. The van der Waals surface area contributed by atoms with E-state index in [0.29, 0.717) is 5.56 Å². The number of hydrogen-bond donors (Lipinski definition) is 0. The Morgan fingerprint density at radius 1 is 1.27 bits per heavy atom. The van der Waals surface area contributed by atoms with E-state index in [1.54, 1.807) is 10.9 Å². The molecule has 1 aromatic rings. The van der Waals surface area contributed by atoms with Crippen LogP contribution in [0.2, 0.25) is 0 Å². The van der Waals surface area contributed by atoms with Gasteiger partial charge in [-0.15, -0.1) is 0 Å². The van der Waals surface area contributed by atoms with Crippen molar-refractivity contribution < 1.29 is 8.78 Å². The smallest absolute Gasteiger partial charge is 0.269 e. The first-order valence-electron chi connectivity index (χ1n) is 5.20. The molecule has 1 heterocycles. The summed E-state index contributed by atoms with van der Waals surface area (Å²) in [6, 6.07) is 0.110. The summed E-state index contributed by atoms with van der Waals surface area (Å²) in [5.41, 5.74) is 0.544. The Morgan fingerprint density at radius 3 is 2.07 bits per heavy atom. The molecule has 0 fully saturated rings. The number of alkyl halides is 2.